The first-order valence-electron chi connectivity index (χ1n) is 7.24. The quantitative estimate of drug-likeness (QED) is 0.913. The summed E-state index contributed by atoms with van der Waals surface area (Å²) in [6.07, 6.45) is 8.20. The number of rotatable bonds is 4. The van der Waals surface area contributed by atoms with Crippen LogP contribution >= 0.6 is 0 Å². The molecule has 1 atom stereocenters. The standard InChI is InChI=1S/C15H20O5/c16-8-12-7-13(17)14(10-18-12)19-9-11-3-6-15(20-11)4-1-2-5-15/h7,10-11,16H,1-6,8-9H2. The van der Waals surface area contributed by atoms with Crippen molar-refractivity contribution >= 4 is 0 Å². The Balaban J connectivity index is 1.56. The zero-order valence-electron chi connectivity index (χ0n) is 11.5. The highest BCUT2D eigenvalue weighted by atomic mass is 16.6. The second-order valence-corrected chi connectivity index (χ2v) is 5.71. The van der Waals surface area contributed by atoms with Crippen molar-refractivity contribution in [3.63, 3.8) is 0 Å². The Bertz CT molecular complexity index is 515. The van der Waals surface area contributed by atoms with E-state index in [1.54, 1.807) is 0 Å². The summed E-state index contributed by atoms with van der Waals surface area (Å²) in [5, 5.41) is 8.88. The first-order chi connectivity index (χ1) is 9.71. The largest absolute Gasteiger partial charge is 0.484 e. The van der Waals surface area contributed by atoms with Crippen LogP contribution in [0.1, 0.15) is 44.3 Å². The van der Waals surface area contributed by atoms with Gasteiger partial charge in [0, 0.05) is 6.07 Å². The third-order valence-electron chi connectivity index (χ3n) is 4.29. The van der Waals surface area contributed by atoms with Gasteiger partial charge in [-0.25, -0.2) is 0 Å². The van der Waals surface area contributed by atoms with Gasteiger partial charge in [-0.2, -0.15) is 0 Å². The molecule has 110 valence electrons. The van der Waals surface area contributed by atoms with E-state index in [1.165, 1.54) is 25.2 Å². The maximum Gasteiger partial charge on any atom is 0.227 e. The van der Waals surface area contributed by atoms with Gasteiger partial charge in [0.1, 0.15) is 25.2 Å². The minimum atomic E-state index is -0.288. The Morgan fingerprint density at radius 1 is 1.35 bits per heavy atom. The summed E-state index contributed by atoms with van der Waals surface area (Å²) >= 11 is 0. The van der Waals surface area contributed by atoms with Crippen LogP contribution in [0.15, 0.2) is 21.5 Å². The Hall–Kier alpha value is -1.33. The van der Waals surface area contributed by atoms with Gasteiger partial charge in [0.2, 0.25) is 11.2 Å². The van der Waals surface area contributed by atoms with E-state index in [0.717, 1.165) is 25.7 Å². The van der Waals surface area contributed by atoms with E-state index in [9.17, 15) is 4.79 Å². The molecule has 0 bridgehead atoms. The van der Waals surface area contributed by atoms with Gasteiger partial charge in [-0.15, -0.1) is 0 Å². The second-order valence-electron chi connectivity index (χ2n) is 5.71. The molecule has 20 heavy (non-hydrogen) atoms. The molecule has 1 aromatic heterocycles. The van der Waals surface area contributed by atoms with Crippen LogP contribution in [0.3, 0.4) is 0 Å². The van der Waals surface area contributed by atoms with Gasteiger partial charge in [-0.1, -0.05) is 12.8 Å². The molecule has 2 heterocycles. The fourth-order valence-electron chi connectivity index (χ4n) is 3.21. The van der Waals surface area contributed by atoms with Crippen LogP contribution in [0.2, 0.25) is 0 Å². The predicted octanol–water partition coefficient (Wildman–Crippen LogP) is 2.00. The van der Waals surface area contributed by atoms with E-state index in [-0.39, 0.29) is 35.3 Å². The highest BCUT2D eigenvalue weighted by molar-refractivity contribution is 5.17. The van der Waals surface area contributed by atoms with Crippen LogP contribution in [-0.4, -0.2) is 23.4 Å². The van der Waals surface area contributed by atoms with Gasteiger partial charge in [-0.05, 0) is 25.7 Å². The van der Waals surface area contributed by atoms with Crippen LogP contribution in [0.25, 0.3) is 0 Å². The lowest BCUT2D eigenvalue weighted by Crippen LogP contribution is -2.27. The summed E-state index contributed by atoms with van der Waals surface area (Å²) in [7, 11) is 0. The fraction of sp³-hybridized carbons (Fsp3) is 0.667. The van der Waals surface area contributed by atoms with E-state index in [1.807, 2.05) is 0 Å². The van der Waals surface area contributed by atoms with E-state index in [2.05, 4.69) is 0 Å². The van der Waals surface area contributed by atoms with E-state index in [4.69, 9.17) is 19.0 Å². The third kappa shape index (κ3) is 2.74. The van der Waals surface area contributed by atoms with E-state index in [0.29, 0.717) is 6.61 Å². The topological polar surface area (TPSA) is 68.9 Å². The average Bonchev–Trinajstić information content (AvgIpc) is 3.08. The third-order valence-corrected chi connectivity index (χ3v) is 4.29. The van der Waals surface area contributed by atoms with Crippen molar-refractivity contribution in [2.24, 2.45) is 0 Å². The van der Waals surface area contributed by atoms with Crippen LogP contribution in [0, 0.1) is 0 Å². The monoisotopic (exact) mass is 280 g/mol. The molecule has 5 nitrogen and oxygen atoms in total. The number of hydrogen-bond acceptors (Lipinski definition) is 5. The van der Waals surface area contributed by atoms with Crippen molar-refractivity contribution in [1.82, 2.24) is 0 Å². The van der Waals surface area contributed by atoms with Gasteiger partial charge < -0.3 is 19.0 Å². The molecule has 3 rings (SSSR count). The molecule has 1 aliphatic heterocycles. The van der Waals surface area contributed by atoms with Gasteiger partial charge in [0.05, 0.1) is 11.7 Å². The molecule has 1 saturated carbocycles. The lowest BCUT2D eigenvalue weighted by Gasteiger charge is -2.23. The normalized spacial score (nSPS) is 24.4. The van der Waals surface area contributed by atoms with Gasteiger partial charge >= 0.3 is 0 Å². The molecular formula is C15H20O5. The summed E-state index contributed by atoms with van der Waals surface area (Å²) in [4.78, 5) is 11.7. The Kier molecular flexibility index (Phi) is 3.81. The Morgan fingerprint density at radius 3 is 2.85 bits per heavy atom. The maximum absolute atomic E-state index is 11.7. The number of ether oxygens (including phenoxy) is 2. The van der Waals surface area contributed by atoms with Crippen molar-refractivity contribution in [3.05, 3.63) is 28.3 Å². The molecule has 1 N–H and O–H groups in total. The first kappa shape index (κ1) is 13.6. The summed E-state index contributed by atoms with van der Waals surface area (Å²) in [6, 6.07) is 1.25. The predicted molar refractivity (Wildman–Crippen MR) is 71.7 cm³/mol. The second kappa shape index (κ2) is 5.58. The van der Waals surface area contributed by atoms with Crippen LogP contribution in [-0.2, 0) is 11.3 Å². The van der Waals surface area contributed by atoms with Crippen molar-refractivity contribution in [3.8, 4) is 5.75 Å². The maximum atomic E-state index is 11.7. The van der Waals surface area contributed by atoms with Crippen molar-refractivity contribution in [2.75, 3.05) is 6.61 Å². The lowest BCUT2D eigenvalue weighted by atomic mass is 9.98. The fourth-order valence-corrected chi connectivity index (χ4v) is 3.21. The number of aliphatic hydroxyl groups excluding tert-OH is 1. The summed E-state index contributed by atoms with van der Waals surface area (Å²) < 4.78 is 16.7. The first-order valence-corrected chi connectivity index (χ1v) is 7.24. The van der Waals surface area contributed by atoms with Crippen molar-refractivity contribution < 1.29 is 19.0 Å². The van der Waals surface area contributed by atoms with Gasteiger partial charge in [0.25, 0.3) is 0 Å². The van der Waals surface area contributed by atoms with Gasteiger partial charge in [-0.3, -0.25) is 4.79 Å². The number of hydrogen-bond donors (Lipinski definition) is 1. The summed E-state index contributed by atoms with van der Waals surface area (Å²) in [5.41, 5.74) is -0.187. The SMILES string of the molecule is O=c1cc(CO)occ1OCC1CCC2(CCCC2)O1. The van der Waals surface area contributed by atoms with Crippen LogP contribution in [0.4, 0.5) is 0 Å². The minimum Gasteiger partial charge on any atom is -0.484 e. The smallest absolute Gasteiger partial charge is 0.227 e. The Labute approximate surface area is 117 Å². The average molecular weight is 280 g/mol. The van der Waals surface area contributed by atoms with Crippen molar-refractivity contribution in [1.29, 1.82) is 0 Å². The molecule has 5 heteroatoms. The molecule has 1 unspecified atom stereocenters. The molecule has 1 aliphatic carbocycles. The molecule has 1 aromatic rings. The minimum absolute atomic E-state index is 0.0602. The lowest BCUT2D eigenvalue weighted by molar-refractivity contribution is -0.0511. The molecule has 1 spiro atoms. The zero-order valence-corrected chi connectivity index (χ0v) is 11.5. The summed E-state index contributed by atoms with van der Waals surface area (Å²) in [5.74, 6) is 0.419. The van der Waals surface area contributed by atoms with Crippen LogP contribution < -0.4 is 10.2 Å². The zero-order chi connectivity index (χ0) is 14.0. The van der Waals surface area contributed by atoms with Crippen LogP contribution in [0.5, 0.6) is 5.75 Å². The molecule has 0 amide bonds. The molecule has 0 radical (unpaired) electrons. The highest BCUT2D eigenvalue weighted by Gasteiger charge is 2.42. The van der Waals surface area contributed by atoms with E-state index < -0.39 is 0 Å². The highest BCUT2D eigenvalue weighted by Crippen LogP contribution is 2.43. The van der Waals surface area contributed by atoms with Gasteiger partial charge in [0.15, 0.2) is 0 Å². The molecule has 1 saturated heterocycles. The molecule has 2 aliphatic rings. The summed E-state index contributed by atoms with van der Waals surface area (Å²) in [6.45, 7) is 0.0920. The Morgan fingerprint density at radius 2 is 2.15 bits per heavy atom. The number of aliphatic hydroxyl groups is 1. The van der Waals surface area contributed by atoms with Crippen molar-refractivity contribution in [2.45, 2.75) is 56.8 Å². The molecular weight excluding hydrogens is 260 g/mol. The van der Waals surface area contributed by atoms with E-state index >= 15 is 0 Å². The molecule has 2 fully saturated rings. The molecule has 0 aromatic carbocycles.